The van der Waals surface area contributed by atoms with Crippen LogP contribution in [0.1, 0.15) is 5.56 Å². The summed E-state index contributed by atoms with van der Waals surface area (Å²) in [6.07, 6.45) is 2.65. The smallest absolute Gasteiger partial charge is 0.247 e. The molecule has 0 unspecified atom stereocenters. The second kappa shape index (κ2) is 6.36. The molecule has 3 heterocycles. The van der Waals surface area contributed by atoms with Gasteiger partial charge >= 0.3 is 0 Å². The Morgan fingerprint density at radius 1 is 0.963 bits per heavy atom. The number of hydrogen-bond acceptors (Lipinski definition) is 3. The van der Waals surface area contributed by atoms with E-state index in [9.17, 15) is 4.79 Å². The summed E-state index contributed by atoms with van der Waals surface area (Å²) in [6.45, 7) is 0.963. The monoisotopic (exact) mass is 354 g/mol. The van der Waals surface area contributed by atoms with Crippen LogP contribution in [0, 0.1) is 0 Å². The van der Waals surface area contributed by atoms with Crippen LogP contribution in [0.15, 0.2) is 72.9 Å². The van der Waals surface area contributed by atoms with Crippen molar-refractivity contribution in [2.75, 3.05) is 11.4 Å². The molecule has 27 heavy (non-hydrogen) atoms. The van der Waals surface area contributed by atoms with Gasteiger partial charge in [0.2, 0.25) is 5.91 Å². The lowest BCUT2D eigenvalue weighted by molar-refractivity contribution is -0.119. The summed E-state index contributed by atoms with van der Waals surface area (Å²) in [5, 5.41) is 0. The van der Waals surface area contributed by atoms with E-state index in [-0.39, 0.29) is 12.5 Å². The van der Waals surface area contributed by atoms with E-state index in [4.69, 9.17) is 4.98 Å². The molecule has 1 amide bonds. The summed E-state index contributed by atoms with van der Waals surface area (Å²) in [6, 6.07) is 21.7. The molecular weight excluding hydrogens is 336 g/mol. The average Bonchev–Trinajstić information content (AvgIpc) is 3.31. The summed E-state index contributed by atoms with van der Waals surface area (Å²) < 4.78 is 1.97. The largest absolute Gasteiger partial charge is 0.313 e. The van der Waals surface area contributed by atoms with E-state index in [0.717, 1.165) is 41.2 Å². The fraction of sp³-hybridized carbons (Fsp3) is 0.136. The molecule has 4 aromatic rings. The number of aromatic nitrogens is 3. The Morgan fingerprint density at radius 2 is 1.78 bits per heavy atom. The van der Waals surface area contributed by atoms with E-state index in [1.54, 1.807) is 6.20 Å². The predicted molar refractivity (Wildman–Crippen MR) is 105 cm³/mol. The number of benzene rings is 2. The number of fused-ring (bicyclic) bond motifs is 2. The Kier molecular flexibility index (Phi) is 3.71. The van der Waals surface area contributed by atoms with Crippen LogP contribution < -0.4 is 4.90 Å². The maximum atomic E-state index is 13.2. The van der Waals surface area contributed by atoms with Crippen molar-refractivity contribution in [1.29, 1.82) is 0 Å². The number of carbonyl (C=O) groups excluding carboxylic acids is 1. The van der Waals surface area contributed by atoms with E-state index in [2.05, 4.69) is 11.1 Å². The Labute approximate surface area is 156 Å². The van der Waals surface area contributed by atoms with E-state index in [0.29, 0.717) is 0 Å². The van der Waals surface area contributed by atoms with Crippen LogP contribution in [-0.2, 0) is 17.8 Å². The Balaban J connectivity index is 1.56. The van der Waals surface area contributed by atoms with Crippen molar-refractivity contribution in [2.24, 2.45) is 0 Å². The van der Waals surface area contributed by atoms with Gasteiger partial charge in [-0.15, -0.1) is 0 Å². The van der Waals surface area contributed by atoms with E-state index in [1.807, 2.05) is 70.1 Å². The number of hydrogen-bond donors (Lipinski definition) is 0. The van der Waals surface area contributed by atoms with Crippen molar-refractivity contribution in [3.8, 4) is 11.5 Å². The number of imidazole rings is 1. The third kappa shape index (κ3) is 2.68. The molecule has 0 spiro atoms. The number of amides is 1. The molecule has 0 bridgehead atoms. The predicted octanol–water partition coefficient (Wildman–Crippen LogP) is 3.69. The standard InChI is InChI=1S/C22H18N4O/c27-21(25-14-12-16-7-1-3-10-19(16)25)15-26-20-11-4-2-8-17(20)24-22(26)18-9-5-6-13-23-18/h1-11,13H,12,14-15H2. The van der Waals surface area contributed by atoms with Crippen LogP contribution in [-0.4, -0.2) is 27.0 Å². The maximum Gasteiger partial charge on any atom is 0.247 e. The first kappa shape index (κ1) is 15.8. The third-order valence-electron chi connectivity index (χ3n) is 5.03. The molecule has 0 N–H and O–H groups in total. The molecule has 0 radical (unpaired) electrons. The van der Waals surface area contributed by atoms with Crippen LogP contribution in [0.4, 0.5) is 5.69 Å². The number of pyridine rings is 1. The first-order chi connectivity index (χ1) is 13.3. The summed E-state index contributed by atoms with van der Waals surface area (Å²) in [4.78, 5) is 24.2. The summed E-state index contributed by atoms with van der Waals surface area (Å²) in [5.41, 5.74) is 4.83. The first-order valence-electron chi connectivity index (χ1n) is 9.06. The number of para-hydroxylation sites is 3. The van der Waals surface area contributed by atoms with Crippen LogP contribution in [0.5, 0.6) is 0 Å². The lowest BCUT2D eigenvalue weighted by atomic mass is 10.2. The Bertz CT molecular complexity index is 1130. The molecule has 5 nitrogen and oxygen atoms in total. The molecular formula is C22H18N4O. The van der Waals surface area contributed by atoms with Crippen molar-refractivity contribution in [2.45, 2.75) is 13.0 Å². The van der Waals surface area contributed by atoms with Gasteiger partial charge < -0.3 is 9.47 Å². The maximum absolute atomic E-state index is 13.2. The number of nitrogens with zero attached hydrogens (tertiary/aromatic N) is 4. The summed E-state index contributed by atoms with van der Waals surface area (Å²) in [5.74, 6) is 0.790. The quantitative estimate of drug-likeness (QED) is 0.564. The summed E-state index contributed by atoms with van der Waals surface area (Å²) >= 11 is 0. The lowest BCUT2D eigenvalue weighted by Crippen LogP contribution is -2.32. The molecule has 1 aliphatic rings. The zero-order valence-corrected chi connectivity index (χ0v) is 14.7. The molecule has 0 aliphatic carbocycles. The van der Waals surface area contributed by atoms with Gasteiger partial charge in [0.15, 0.2) is 5.82 Å². The summed E-state index contributed by atoms with van der Waals surface area (Å²) in [7, 11) is 0. The SMILES string of the molecule is O=C(Cn1c(-c2ccccn2)nc2ccccc21)N1CCc2ccccc21. The van der Waals surface area contributed by atoms with E-state index >= 15 is 0 Å². The molecule has 0 saturated carbocycles. The molecule has 1 aliphatic heterocycles. The number of anilines is 1. The number of rotatable bonds is 3. The number of carbonyl (C=O) groups is 1. The van der Waals surface area contributed by atoms with Crippen molar-refractivity contribution in [3.05, 3.63) is 78.5 Å². The highest BCUT2D eigenvalue weighted by Crippen LogP contribution is 2.29. The Hall–Kier alpha value is -3.47. The van der Waals surface area contributed by atoms with Crippen LogP contribution >= 0.6 is 0 Å². The van der Waals surface area contributed by atoms with Gasteiger partial charge in [-0.1, -0.05) is 36.4 Å². The molecule has 5 heteroatoms. The van der Waals surface area contributed by atoms with Gasteiger partial charge in [0.05, 0.1) is 11.0 Å². The minimum Gasteiger partial charge on any atom is -0.313 e. The minimum atomic E-state index is 0.0697. The minimum absolute atomic E-state index is 0.0697. The molecule has 0 fully saturated rings. The fourth-order valence-electron chi connectivity index (χ4n) is 3.74. The van der Waals surface area contributed by atoms with Crippen molar-refractivity contribution >= 4 is 22.6 Å². The topological polar surface area (TPSA) is 51.0 Å². The zero-order valence-electron chi connectivity index (χ0n) is 14.7. The lowest BCUT2D eigenvalue weighted by Gasteiger charge is -2.18. The zero-order chi connectivity index (χ0) is 18.2. The molecule has 5 rings (SSSR count). The van der Waals surface area contributed by atoms with E-state index in [1.165, 1.54) is 5.56 Å². The van der Waals surface area contributed by atoms with Gasteiger partial charge in [0.25, 0.3) is 0 Å². The highest BCUT2D eigenvalue weighted by Gasteiger charge is 2.25. The third-order valence-corrected chi connectivity index (χ3v) is 5.03. The first-order valence-corrected chi connectivity index (χ1v) is 9.06. The van der Waals surface area contributed by atoms with Gasteiger partial charge in [-0.05, 0) is 42.3 Å². The van der Waals surface area contributed by atoms with Crippen molar-refractivity contribution in [1.82, 2.24) is 14.5 Å². The van der Waals surface area contributed by atoms with Gasteiger partial charge in [-0.3, -0.25) is 9.78 Å². The van der Waals surface area contributed by atoms with Crippen LogP contribution in [0.3, 0.4) is 0 Å². The highest BCUT2D eigenvalue weighted by molar-refractivity contribution is 5.96. The molecule has 0 saturated heterocycles. The molecule has 2 aromatic carbocycles. The Morgan fingerprint density at radius 3 is 2.67 bits per heavy atom. The molecule has 132 valence electrons. The highest BCUT2D eigenvalue weighted by atomic mass is 16.2. The second-order valence-electron chi connectivity index (χ2n) is 6.65. The van der Waals surface area contributed by atoms with Crippen molar-refractivity contribution < 1.29 is 4.79 Å². The molecule has 0 atom stereocenters. The van der Waals surface area contributed by atoms with Crippen LogP contribution in [0.2, 0.25) is 0 Å². The van der Waals surface area contributed by atoms with E-state index < -0.39 is 0 Å². The van der Waals surface area contributed by atoms with Gasteiger partial charge in [-0.2, -0.15) is 0 Å². The van der Waals surface area contributed by atoms with Gasteiger partial charge in [-0.25, -0.2) is 4.98 Å². The second-order valence-corrected chi connectivity index (χ2v) is 6.65. The average molecular weight is 354 g/mol. The van der Waals surface area contributed by atoms with Gasteiger partial charge in [0, 0.05) is 18.4 Å². The fourth-order valence-corrected chi connectivity index (χ4v) is 3.74. The van der Waals surface area contributed by atoms with Gasteiger partial charge in [0.1, 0.15) is 12.2 Å². The van der Waals surface area contributed by atoms with Crippen LogP contribution in [0.25, 0.3) is 22.6 Å². The van der Waals surface area contributed by atoms with Crippen molar-refractivity contribution in [3.63, 3.8) is 0 Å². The molecule has 2 aromatic heterocycles. The normalized spacial score (nSPS) is 13.1.